The third-order valence-electron chi connectivity index (χ3n) is 7.65. The highest BCUT2D eigenvalue weighted by molar-refractivity contribution is 6.03. The number of aromatic nitrogens is 2. The summed E-state index contributed by atoms with van der Waals surface area (Å²) in [4.78, 5) is 24.1. The number of piperidine rings is 1. The molecule has 0 radical (unpaired) electrons. The van der Waals surface area contributed by atoms with E-state index in [-0.39, 0.29) is 30.4 Å². The van der Waals surface area contributed by atoms with Crippen LogP contribution in [0.5, 0.6) is 0 Å². The Kier molecular flexibility index (Phi) is 8.11. The number of anilines is 1. The van der Waals surface area contributed by atoms with E-state index in [1.807, 2.05) is 72.8 Å². The second-order valence-corrected chi connectivity index (χ2v) is 10.5. The van der Waals surface area contributed by atoms with Gasteiger partial charge in [-0.1, -0.05) is 55.0 Å². The number of rotatable bonds is 7. The number of carbonyl (C=O) groups excluding carboxylic acids is 1. The van der Waals surface area contributed by atoms with Gasteiger partial charge in [0.15, 0.2) is 6.29 Å². The summed E-state index contributed by atoms with van der Waals surface area (Å²) < 4.78 is 13.0. The first-order valence-electron chi connectivity index (χ1n) is 14.0. The third-order valence-corrected chi connectivity index (χ3v) is 7.65. The van der Waals surface area contributed by atoms with E-state index in [1.165, 1.54) is 25.5 Å². The van der Waals surface area contributed by atoms with Crippen LogP contribution < -0.4 is 5.32 Å². The molecule has 0 unspecified atom stereocenters. The predicted molar refractivity (Wildman–Crippen MR) is 153 cm³/mol. The summed E-state index contributed by atoms with van der Waals surface area (Å²) in [6.07, 6.45) is 5.41. The summed E-state index contributed by atoms with van der Waals surface area (Å²) in [6, 6.07) is 23.0. The Hall–Kier alpha value is -3.69. The number of carbonyl (C=O) groups is 1. The molecular weight excluding hydrogens is 504 g/mol. The van der Waals surface area contributed by atoms with Crippen LogP contribution in [0.1, 0.15) is 65.3 Å². The van der Waals surface area contributed by atoms with E-state index in [1.54, 1.807) is 0 Å². The zero-order valence-electron chi connectivity index (χ0n) is 22.4. The van der Waals surface area contributed by atoms with Gasteiger partial charge in [-0.3, -0.25) is 9.78 Å². The fourth-order valence-corrected chi connectivity index (χ4v) is 5.45. The number of nitrogens with one attached hydrogen (secondary N) is 1. The zero-order valence-corrected chi connectivity index (χ0v) is 22.4. The van der Waals surface area contributed by atoms with Gasteiger partial charge in [0.25, 0.3) is 5.91 Å². The maximum Gasteiger partial charge on any atom is 0.275 e. The quantitative estimate of drug-likeness (QED) is 0.325. The van der Waals surface area contributed by atoms with Crippen molar-refractivity contribution in [1.82, 2.24) is 14.9 Å². The summed E-state index contributed by atoms with van der Waals surface area (Å²) >= 11 is 0. The molecule has 8 heteroatoms. The fourth-order valence-electron chi connectivity index (χ4n) is 5.45. The molecule has 2 aliphatic heterocycles. The number of aliphatic hydroxyl groups is 1. The standard InChI is InChI=1S/C32H34N4O4/c37-21-22-8-10-23(11-9-22)30-18-26(20-36-16-4-1-5-17-36)39-32(40-30)24-12-14-25(15-13-24)34-31(38)29-19-33-27-6-2-3-7-28(27)35-29/h2-3,6-15,19,26,30,32,37H,1,4-5,16-18,20-21H2,(H,34,38)/t26-,30+,32+/m1/s1. The fraction of sp³-hybridized carbons (Fsp3) is 0.344. The molecule has 2 aliphatic rings. The molecule has 3 heterocycles. The van der Waals surface area contributed by atoms with Crippen LogP contribution in [0, 0.1) is 0 Å². The molecule has 1 amide bonds. The van der Waals surface area contributed by atoms with Crippen LogP contribution >= 0.6 is 0 Å². The Balaban J connectivity index is 1.17. The molecule has 1 aromatic heterocycles. The van der Waals surface area contributed by atoms with E-state index in [2.05, 4.69) is 20.2 Å². The smallest absolute Gasteiger partial charge is 0.275 e. The van der Waals surface area contributed by atoms with Gasteiger partial charge in [0.2, 0.25) is 0 Å². The summed E-state index contributed by atoms with van der Waals surface area (Å²) in [6.45, 7) is 3.12. The lowest BCUT2D eigenvalue weighted by molar-refractivity contribution is -0.253. The Morgan fingerprint density at radius 3 is 2.38 bits per heavy atom. The number of hydrogen-bond acceptors (Lipinski definition) is 7. The number of hydrogen-bond donors (Lipinski definition) is 2. The van der Waals surface area contributed by atoms with Crippen LogP contribution in [0.25, 0.3) is 11.0 Å². The maximum absolute atomic E-state index is 12.8. The van der Waals surface area contributed by atoms with Crippen molar-refractivity contribution in [3.8, 4) is 0 Å². The van der Waals surface area contributed by atoms with E-state index in [0.29, 0.717) is 11.2 Å². The molecule has 6 rings (SSSR count). The topological polar surface area (TPSA) is 96.8 Å². The second-order valence-electron chi connectivity index (χ2n) is 10.5. The molecule has 0 bridgehead atoms. The predicted octanol–water partition coefficient (Wildman–Crippen LogP) is 5.41. The molecule has 2 N–H and O–H groups in total. The molecule has 4 aromatic rings. The molecule has 0 aliphatic carbocycles. The van der Waals surface area contributed by atoms with Crippen molar-refractivity contribution >= 4 is 22.6 Å². The van der Waals surface area contributed by atoms with E-state index in [4.69, 9.17) is 9.47 Å². The van der Waals surface area contributed by atoms with Crippen LogP contribution in [0.3, 0.4) is 0 Å². The first kappa shape index (κ1) is 26.5. The average molecular weight is 539 g/mol. The molecule has 206 valence electrons. The van der Waals surface area contributed by atoms with E-state index >= 15 is 0 Å². The molecule has 8 nitrogen and oxygen atoms in total. The van der Waals surface area contributed by atoms with Crippen molar-refractivity contribution in [2.24, 2.45) is 0 Å². The number of fused-ring (bicyclic) bond motifs is 1. The minimum absolute atomic E-state index is 0.0193. The summed E-state index contributed by atoms with van der Waals surface area (Å²) in [5.74, 6) is -0.316. The van der Waals surface area contributed by atoms with E-state index in [0.717, 1.165) is 48.3 Å². The number of likely N-dealkylation sites (tertiary alicyclic amines) is 1. The highest BCUT2D eigenvalue weighted by Crippen LogP contribution is 2.38. The van der Waals surface area contributed by atoms with Crippen molar-refractivity contribution in [2.75, 3.05) is 25.0 Å². The minimum atomic E-state index is -0.526. The lowest BCUT2D eigenvalue weighted by atomic mass is 9.99. The maximum atomic E-state index is 12.8. The van der Waals surface area contributed by atoms with Gasteiger partial charge in [0.1, 0.15) is 5.69 Å². The minimum Gasteiger partial charge on any atom is -0.392 e. The monoisotopic (exact) mass is 538 g/mol. The van der Waals surface area contributed by atoms with Crippen LogP contribution in [-0.4, -0.2) is 51.6 Å². The van der Waals surface area contributed by atoms with Gasteiger partial charge in [0.05, 0.1) is 36.0 Å². The summed E-state index contributed by atoms with van der Waals surface area (Å²) in [7, 11) is 0. The van der Waals surface area contributed by atoms with Crippen LogP contribution in [-0.2, 0) is 16.1 Å². The van der Waals surface area contributed by atoms with Crippen LogP contribution in [0.4, 0.5) is 5.69 Å². The van der Waals surface area contributed by atoms with Gasteiger partial charge in [0, 0.05) is 24.2 Å². The SMILES string of the molecule is O=C(Nc1ccc([C@H]2O[C@@H](CN3CCCCC3)C[C@@H](c3ccc(CO)cc3)O2)cc1)c1cnc2ccccc2n1. The summed E-state index contributed by atoms with van der Waals surface area (Å²) in [5, 5.41) is 12.4. The van der Waals surface area contributed by atoms with Gasteiger partial charge in [-0.05, 0) is 61.3 Å². The number of ether oxygens (including phenoxy) is 2. The molecule has 40 heavy (non-hydrogen) atoms. The lowest BCUT2D eigenvalue weighted by Gasteiger charge is -2.39. The zero-order chi connectivity index (χ0) is 27.3. The Labute approximate surface area is 234 Å². The number of nitrogens with zero attached hydrogens (tertiary/aromatic N) is 3. The molecule has 3 atom stereocenters. The van der Waals surface area contributed by atoms with Crippen molar-refractivity contribution in [1.29, 1.82) is 0 Å². The van der Waals surface area contributed by atoms with E-state index < -0.39 is 6.29 Å². The van der Waals surface area contributed by atoms with Gasteiger partial charge in [-0.2, -0.15) is 0 Å². The molecule has 2 fully saturated rings. The second kappa shape index (κ2) is 12.2. The van der Waals surface area contributed by atoms with Crippen molar-refractivity contribution < 1.29 is 19.4 Å². The van der Waals surface area contributed by atoms with Crippen molar-refractivity contribution in [2.45, 2.75) is 50.8 Å². The van der Waals surface area contributed by atoms with Crippen LogP contribution in [0.2, 0.25) is 0 Å². The molecule has 0 saturated carbocycles. The van der Waals surface area contributed by atoms with Crippen LogP contribution in [0.15, 0.2) is 79.0 Å². The van der Waals surface area contributed by atoms with Crippen molar-refractivity contribution in [3.05, 3.63) is 101 Å². The first-order chi connectivity index (χ1) is 19.6. The molecule has 0 spiro atoms. The Bertz CT molecular complexity index is 1440. The molecule has 3 aromatic carbocycles. The van der Waals surface area contributed by atoms with Gasteiger partial charge >= 0.3 is 0 Å². The van der Waals surface area contributed by atoms with Crippen molar-refractivity contribution in [3.63, 3.8) is 0 Å². The average Bonchev–Trinajstić information content (AvgIpc) is 3.01. The lowest BCUT2D eigenvalue weighted by Crippen LogP contribution is -2.41. The number of benzene rings is 3. The highest BCUT2D eigenvalue weighted by atomic mass is 16.7. The highest BCUT2D eigenvalue weighted by Gasteiger charge is 2.33. The number of aliphatic hydroxyl groups excluding tert-OH is 1. The third kappa shape index (κ3) is 6.21. The number of amides is 1. The summed E-state index contributed by atoms with van der Waals surface area (Å²) in [5.41, 5.74) is 5.19. The molecular formula is C32H34N4O4. The van der Waals surface area contributed by atoms with Gasteiger partial charge in [-0.25, -0.2) is 4.98 Å². The number of para-hydroxylation sites is 2. The normalized spacial score (nSPS) is 21.8. The van der Waals surface area contributed by atoms with Gasteiger partial charge < -0.3 is 24.8 Å². The molecule has 2 saturated heterocycles. The Morgan fingerprint density at radius 1 is 0.900 bits per heavy atom. The largest absolute Gasteiger partial charge is 0.392 e. The first-order valence-corrected chi connectivity index (χ1v) is 14.0. The Morgan fingerprint density at radius 2 is 1.62 bits per heavy atom. The van der Waals surface area contributed by atoms with Gasteiger partial charge in [-0.15, -0.1) is 0 Å². The van der Waals surface area contributed by atoms with E-state index in [9.17, 15) is 9.90 Å².